The lowest BCUT2D eigenvalue weighted by Crippen LogP contribution is -2.05. The molecule has 1 N–H and O–H groups in total. The van der Waals surface area contributed by atoms with E-state index in [4.69, 9.17) is 18.3 Å². The molecule has 2 heterocycles. The maximum Gasteiger partial charge on any atom is 0.307 e. The fraction of sp³-hybridized carbons (Fsp3) is 0.200. The van der Waals surface area contributed by atoms with E-state index in [1.54, 1.807) is 18.2 Å². The summed E-state index contributed by atoms with van der Waals surface area (Å²) in [6, 6.07) is 10.9. The van der Waals surface area contributed by atoms with E-state index in [-0.39, 0.29) is 12.4 Å². The van der Waals surface area contributed by atoms with Gasteiger partial charge in [-0.25, -0.2) is 9.69 Å². The molecule has 0 aliphatic rings. The molecule has 178 valence electrons. The first-order valence-corrected chi connectivity index (χ1v) is 12.0. The molecule has 0 unspecified atom stereocenters. The molecule has 0 amide bonds. The Labute approximate surface area is 218 Å². The van der Waals surface area contributed by atoms with Gasteiger partial charge in [0.2, 0.25) is 0 Å². The van der Waals surface area contributed by atoms with Crippen molar-refractivity contribution in [1.29, 1.82) is 0 Å². The van der Waals surface area contributed by atoms with Crippen molar-refractivity contribution in [2.45, 2.75) is 25.9 Å². The summed E-state index contributed by atoms with van der Waals surface area (Å²) in [5.41, 5.74) is 3.12. The zero-order valence-electron chi connectivity index (χ0n) is 18.7. The maximum atomic E-state index is 11.1. The maximum absolute atomic E-state index is 11.1. The molecule has 10 heteroatoms. The molecule has 35 heavy (non-hydrogen) atoms. The van der Waals surface area contributed by atoms with Crippen LogP contribution in [0.1, 0.15) is 12.8 Å². The highest BCUT2D eigenvalue weighted by Crippen LogP contribution is 2.31. The van der Waals surface area contributed by atoms with E-state index < -0.39 is 5.97 Å². The first kappa shape index (κ1) is 26.0. The van der Waals surface area contributed by atoms with Crippen molar-refractivity contribution in [3.63, 3.8) is 0 Å². The van der Waals surface area contributed by atoms with E-state index in [1.165, 1.54) is 7.11 Å². The lowest BCUT2D eigenvalue weighted by Gasteiger charge is -2.04. The third-order valence-corrected chi connectivity index (χ3v) is 6.51. The number of fused-ring (bicyclic) bond motifs is 2. The smallest absolute Gasteiger partial charge is 0.307 e. The number of aryl methyl sites for hydroxylation is 2. The van der Waals surface area contributed by atoms with Gasteiger partial charge in [-0.3, -0.25) is 9.59 Å². The van der Waals surface area contributed by atoms with Gasteiger partial charge in [-0.2, -0.15) is 0 Å². The molecule has 0 saturated carbocycles. The van der Waals surface area contributed by atoms with Gasteiger partial charge in [0.1, 0.15) is 0 Å². The van der Waals surface area contributed by atoms with Crippen molar-refractivity contribution in [3.05, 3.63) is 80.6 Å². The van der Waals surface area contributed by atoms with Crippen LogP contribution in [0.5, 0.6) is 0 Å². The molecular weight excluding hydrogens is 580 g/mol. The molecule has 8 nitrogen and oxygen atoms in total. The number of benzene rings is 2. The van der Waals surface area contributed by atoms with Gasteiger partial charge in [-0.05, 0) is 56.1 Å². The number of methoxy groups -OCH3 is 1. The zero-order chi connectivity index (χ0) is 25.5. The van der Waals surface area contributed by atoms with Crippen LogP contribution in [0.4, 0.5) is 11.4 Å². The number of ether oxygens (including phenoxy) is 1. The third-order valence-electron chi connectivity index (χ3n) is 5.24. The number of esters is 1. The number of carbonyl (C=O) groups is 2. The van der Waals surface area contributed by atoms with Gasteiger partial charge in [0.05, 0.1) is 33.1 Å². The van der Waals surface area contributed by atoms with Crippen LogP contribution in [0.25, 0.3) is 31.5 Å². The van der Waals surface area contributed by atoms with Crippen LogP contribution in [0, 0.1) is 13.1 Å². The number of hydrogen-bond acceptors (Lipinski definition) is 3. The van der Waals surface area contributed by atoms with Gasteiger partial charge in [-0.15, -0.1) is 0 Å². The minimum atomic E-state index is -0.819. The highest BCUT2D eigenvalue weighted by molar-refractivity contribution is 9.11. The van der Waals surface area contributed by atoms with Gasteiger partial charge in [-0.1, -0.05) is 12.1 Å². The molecule has 0 saturated heterocycles. The van der Waals surface area contributed by atoms with Crippen LogP contribution < -0.4 is 0 Å². The molecule has 0 bridgehead atoms. The lowest BCUT2D eigenvalue weighted by molar-refractivity contribution is -0.141. The molecule has 0 aliphatic carbocycles. The van der Waals surface area contributed by atoms with E-state index in [2.05, 4.69) is 46.3 Å². The summed E-state index contributed by atoms with van der Waals surface area (Å²) in [6.07, 6.45) is 4.18. The molecule has 4 aromatic rings. The summed E-state index contributed by atoms with van der Waals surface area (Å²) in [4.78, 5) is 28.5. The summed E-state index contributed by atoms with van der Waals surface area (Å²) in [7, 11) is 1.38. The predicted octanol–water partition coefficient (Wildman–Crippen LogP) is 6.95. The van der Waals surface area contributed by atoms with Crippen molar-refractivity contribution in [1.82, 2.24) is 9.13 Å². The van der Waals surface area contributed by atoms with E-state index in [0.29, 0.717) is 30.9 Å². The Morgan fingerprint density at radius 3 is 1.74 bits per heavy atom. The number of aromatic nitrogens is 2. The van der Waals surface area contributed by atoms with Crippen molar-refractivity contribution in [3.8, 4) is 0 Å². The number of carbonyl (C=O) groups excluding carboxylic acids is 1. The monoisotopic (exact) mass is 598 g/mol. The number of aliphatic carboxylic acids is 1. The van der Waals surface area contributed by atoms with Gasteiger partial charge < -0.3 is 19.0 Å². The van der Waals surface area contributed by atoms with Gasteiger partial charge in [0.15, 0.2) is 11.4 Å². The van der Waals surface area contributed by atoms with Gasteiger partial charge in [0, 0.05) is 56.2 Å². The lowest BCUT2D eigenvalue weighted by atomic mass is 10.2. The molecule has 0 spiro atoms. The minimum absolute atomic E-state index is 0.0841. The average Bonchev–Trinajstić information content (AvgIpc) is 3.36. The topological polar surface area (TPSA) is 82.2 Å². The highest BCUT2D eigenvalue weighted by Gasteiger charge is 2.10. The van der Waals surface area contributed by atoms with Crippen molar-refractivity contribution in [2.24, 2.45) is 0 Å². The molecule has 0 fully saturated rings. The molecule has 0 atom stereocenters. The number of carboxylic acids is 1. The van der Waals surface area contributed by atoms with Crippen LogP contribution in [-0.2, 0) is 27.4 Å². The Morgan fingerprint density at radius 1 is 0.886 bits per heavy atom. The molecular formula is C25H20Br2N4O4. The first-order chi connectivity index (χ1) is 16.8. The summed E-state index contributed by atoms with van der Waals surface area (Å²) in [5, 5.41) is 10.6. The average molecular weight is 600 g/mol. The van der Waals surface area contributed by atoms with Crippen LogP contribution in [0.2, 0.25) is 0 Å². The molecule has 4 rings (SSSR count). The Morgan fingerprint density at radius 2 is 1.34 bits per heavy atom. The number of hydrogen-bond donors (Lipinski definition) is 1. The van der Waals surface area contributed by atoms with Crippen molar-refractivity contribution < 1.29 is 19.4 Å². The van der Waals surface area contributed by atoms with Crippen LogP contribution in [-0.4, -0.2) is 33.3 Å². The van der Waals surface area contributed by atoms with E-state index in [9.17, 15) is 9.59 Å². The molecule has 2 aromatic carbocycles. The van der Waals surface area contributed by atoms with Crippen LogP contribution in [0.15, 0.2) is 57.7 Å². The molecule has 2 aromatic heterocycles. The fourth-order valence-corrected chi connectivity index (χ4v) is 4.65. The normalized spacial score (nSPS) is 10.3. The fourth-order valence-electron chi connectivity index (χ4n) is 3.52. The van der Waals surface area contributed by atoms with E-state index >= 15 is 0 Å². The van der Waals surface area contributed by atoms with Gasteiger partial charge in [0.25, 0.3) is 0 Å². The summed E-state index contributed by atoms with van der Waals surface area (Å²) in [5.74, 6) is -1.05. The van der Waals surface area contributed by atoms with Gasteiger partial charge >= 0.3 is 11.9 Å². The SMILES string of the molecule is [C-]#[N+]c1ccc2c(c1)c(Br)cn2CCC(=O)O.[C-]#[N+]c1ccc2c(c1)c(Br)cn2CCC(=O)OC. The zero-order valence-corrected chi connectivity index (χ0v) is 21.8. The Hall–Kier alpha value is -3.60. The highest BCUT2D eigenvalue weighted by atomic mass is 79.9. The number of halogens is 2. The first-order valence-electron chi connectivity index (χ1n) is 10.4. The second kappa shape index (κ2) is 11.7. The summed E-state index contributed by atoms with van der Waals surface area (Å²) in [6.45, 7) is 14.9. The second-order valence-corrected chi connectivity index (χ2v) is 9.15. The number of nitrogens with zero attached hydrogens (tertiary/aromatic N) is 4. The predicted molar refractivity (Wildman–Crippen MR) is 141 cm³/mol. The third kappa shape index (κ3) is 6.30. The van der Waals surface area contributed by atoms with Crippen molar-refractivity contribution in [2.75, 3.05) is 7.11 Å². The number of carboxylic acid groups (broad SMARTS) is 1. The number of rotatable bonds is 6. The van der Waals surface area contributed by atoms with Crippen molar-refractivity contribution >= 4 is 77.0 Å². The Bertz CT molecular complexity index is 1490. The van der Waals surface area contributed by atoms with E-state index in [1.807, 2.05) is 39.7 Å². The van der Waals surface area contributed by atoms with Crippen LogP contribution >= 0.6 is 31.9 Å². The summed E-state index contributed by atoms with van der Waals surface area (Å²) >= 11 is 6.88. The molecule has 0 radical (unpaired) electrons. The van der Waals surface area contributed by atoms with E-state index in [0.717, 1.165) is 30.8 Å². The minimum Gasteiger partial charge on any atom is -0.481 e. The second-order valence-electron chi connectivity index (χ2n) is 7.44. The largest absolute Gasteiger partial charge is 0.481 e. The van der Waals surface area contributed by atoms with Crippen LogP contribution in [0.3, 0.4) is 0 Å². The standard InChI is InChI=1S/C13H11BrN2O2.C12H9BrN2O2/c1-15-9-3-4-12-10(7-9)11(14)8-16(12)6-5-13(17)18-2;1-14-8-2-3-11-9(6-8)10(13)7-15(11)5-4-12(16)17/h3-4,7-8H,5-6H2,2H3;2-3,6-7H,4-5H2,(H,16,17). The molecule has 0 aliphatic heterocycles. The Balaban J connectivity index is 0.000000196. The quantitative estimate of drug-likeness (QED) is 0.192. The summed E-state index contributed by atoms with van der Waals surface area (Å²) < 4.78 is 10.3. The Kier molecular flexibility index (Phi) is 8.69.